The van der Waals surface area contributed by atoms with Gasteiger partial charge in [0.05, 0.1) is 18.6 Å². The van der Waals surface area contributed by atoms with Crippen LogP contribution in [0.1, 0.15) is 63.5 Å². The van der Waals surface area contributed by atoms with Gasteiger partial charge in [-0.15, -0.1) is 0 Å². The van der Waals surface area contributed by atoms with Crippen molar-refractivity contribution in [3.05, 3.63) is 23.3 Å². The van der Waals surface area contributed by atoms with Crippen LogP contribution in [0.2, 0.25) is 0 Å². The maximum Gasteiger partial charge on any atom is 0.224 e. The Morgan fingerprint density at radius 2 is 1.90 bits per heavy atom. The molecule has 162 valence electrons. The Balaban J connectivity index is 1.94. The summed E-state index contributed by atoms with van der Waals surface area (Å²) in [5, 5.41) is 0. The molecule has 1 fully saturated rings. The lowest BCUT2D eigenvalue weighted by Crippen LogP contribution is -2.41. The van der Waals surface area contributed by atoms with Crippen LogP contribution in [-0.4, -0.2) is 50.6 Å². The van der Waals surface area contributed by atoms with Gasteiger partial charge in [0.25, 0.3) is 0 Å². The van der Waals surface area contributed by atoms with Crippen LogP contribution in [0.4, 0.5) is 5.69 Å². The molecule has 1 saturated heterocycles. The lowest BCUT2D eigenvalue weighted by atomic mass is 9.85. The van der Waals surface area contributed by atoms with E-state index in [1.54, 1.807) is 6.92 Å². The van der Waals surface area contributed by atoms with Crippen molar-refractivity contribution in [2.24, 2.45) is 0 Å². The Morgan fingerprint density at radius 3 is 2.48 bits per heavy atom. The SMILES string of the molecule is CCCOOc1c(C2CCN(S(C)(=O)=O)CC2)ccc2c1CC[C@H](C)N2C(C)=O. The molecule has 2 heterocycles. The molecule has 0 spiro atoms. The predicted octanol–water partition coefficient (Wildman–Crippen LogP) is 3.23. The molecule has 8 heteroatoms. The Morgan fingerprint density at radius 1 is 1.21 bits per heavy atom. The van der Waals surface area contributed by atoms with Crippen molar-refractivity contribution in [3.63, 3.8) is 0 Å². The average molecular weight is 425 g/mol. The first kappa shape index (κ1) is 22.1. The summed E-state index contributed by atoms with van der Waals surface area (Å²) in [5.74, 6) is 0.934. The van der Waals surface area contributed by atoms with Gasteiger partial charge in [0, 0.05) is 37.2 Å². The first-order valence-electron chi connectivity index (χ1n) is 10.4. The molecule has 0 aliphatic carbocycles. The van der Waals surface area contributed by atoms with E-state index in [0.717, 1.165) is 48.9 Å². The van der Waals surface area contributed by atoms with Crippen LogP contribution in [-0.2, 0) is 26.1 Å². The van der Waals surface area contributed by atoms with E-state index < -0.39 is 10.0 Å². The van der Waals surface area contributed by atoms with Crippen LogP contribution in [0.3, 0.4) is 0 Å². The second-order valence-corrected chi connectivity index (χ2v) is 10.1. The van der Waals surface area contributed by atoms with Crippen LogP contribution in [0.25, 0.3) is 0 Å². The minimum Gasteiger partial charge on any atom is -0.337 e. The third-order valence-electron chi connectivity index (χ3n) is 5.91. The van der Waals surface area contributed by atoms with E-state index in [1.165, 1.54) is 10.6 Å². The highest BCUT2D eigenvalue weighted by Gasteiger charge is 2.33. The molecule has 0 unspecified atom stereocenters. The maximum atomic E-state index is 12.3. The summed E-state index contributed by atoms with van der Waals surface area (Å²) < 4.78 is 25.2. The molecule has 2 aliphatic heterocycles. The number of nitrogens with zero attached hydrogens (tertiary/aromatic N) is 2. The first-order valence-corrected chi connectivity index (χ1v) is 12.3. The summed E-state index contributed by atoms with van der Waals surface area (Å²) in [7, 11) is -3.16. The number of benzene rings is 1. The third-order valence-corrected chi connectivity index (χ3v) is 7.21. The Bertz CT molecular complexity index is 847. The molecule has 1 atom stereocenters. The number of anilines is 1. The van der Waals surface area contributed by atoms with E-state index in [0.29, 0.717) is 25.4 Å². The summed E-state index contributed by atoms with van der Waals surface area (Å²) in [6.07, 6.45) is 5.27. The van der Waals surface area contributed by atoms with Gasteiger partial charge >= 0.3 is 0 Å². The Labute approximate surface area is 173 Å². The van der Waals surface area contributed by atoms with Crippen molar-refractivity contribution in [2.75, 3.05) is 30.9 Å². The highest BCUT2D eigenvalue weighted by atomic mass is 32.2. The summed E-state index contributed by atoms with van der Waals surface area (Å²) in [4.78, 5) is 25.4. The van der Waals surface area contributed by atoms with E-state index >= 15 is 0 Å². The number of carbonyl (C=O) groups excluding carboxylic acids is 1. The largest absolute Gasteiger partial charge is 0.337 e. The summed E-state index contributed by atoms with van der Waals surface area (Å²) >= 11 is 0. The van der Waals surface area contributed by atoms with E-state index in [4.69, 9.17) is 9.78 Å². The van der Waals surface area contributed by atoms with Gasteiger partial charge in [0.1, 0.15) is 0 Å². The highest BCUT2D eigenvalue weighted by molar-refractivity contribution is 7.88. The number of hydrogen-bond acceptors (Lipinski definition) is 5. The summed E-state index contributed by atoms with van der Waals surface area (Å²) in [6, 6.07) is 4.18. The number of sulfonamides is 1. The van der Waals surface area contributed by atoms with Gasteiger partial charge in [-0.1, -0.05) is 13.0 Å². The normalized spacial score (nSPS) is 21.1. The van der Waals surface area contributed by atoms with Gasteiger partial charge in [-0.2, -0.15) is 4.89 Å². The van der Waals surface area contributed by atoms with Crippen molar-refractivity contribution in [1.82, 2.24) is 4.31 Å². The fraction of sp³-hybridized carbons (Fsp3) is 0.667. The fourth-order valence-corrected chi connectivity index (χ4v) is 5.28. The van der Waals surface area contributed by atoms with Gasteiger partial charge in [-0.25, -0.2) is 12.7 Å². The molecule has 3 rings (SSSR count). The maximum absolute atomic E-state index is 12.3. The van der Waals surface area contributed by atoms with E-state index in [2.05, 4.69) is 6.92 Å². The number of carbonyl (C=O) groups is 1. The molecule has 1 aromatic carbocycles. The zero-order valence-corrected chi connectivity index (χ0v) is 18.6. The quantitative estimate of drug-likeness (QED) is 0.398. The number of amides is 1. The molecule has 0 bridgehead atoms. The zero-order chi connectivity index (χ0) is 21.2. The van der Waals surface area contributed by atoms with Crippen molar-refractivity contribution < 1.29 is 23.0 Å². The molecule has 29 heavy (non-hydrogen) atoms. The van der Waals surface area contributed by atoms with Crippen LogP contribution < -0.4 is 9.79 Å². The van der Waals surface area contributed by atoms with Crippen molar-refractivity contribution in [3.8, 4) is 5.75 Å². The summed E-state index contributed by atoms with van der Waals surface area (Å²) in [6.45, 7) is 7.17. The fourth-order valence-electron chi connectivity index (χ4n) is 4.40. The molecule has 1 amide bonds. The molecule has 0 radical (unpaired) electrons. The monoisotopic (exact) mass is 424 g/mol. The zero-order valence-electron chi connectivity index (χ0n) is 17.8. The molecule has 2 aliphatic rings. The number of piperidine rings is 1. The lowest BCUT2D eigenvalue weighted by molar-refractivity contribution is -0.207. The third kappa shape index (κ3) is 4.75. The van der Waals surface area contributed by atoms with Crippen LogP contribution in [0.5, 0.6) is 5.75 Å². The predicted molar refractivity (Wildman–Crippen MR) is 113 cm³/mol. The molecule has 1 aromatic rings. The van der Waals surface area contributed by atoms with Gasteiger partial charge in [0.15, 0.2) is 5.75 Å². The molecule has 0 N–H and O–H groups in total. The Kier molecular flexibility index (Phi) is 6.86. The average Bonchev–Trinajstić information content (AvgIpc) is 2.67. The van der Waals surface area contributed by atoms with Crippen molar-refractivity contribution in [2.45, 2.75) is 64.8 Å². The molecular weight excluding hydrogens is 392 g/mol. The molecule has 0 aromatic heterocycles. The molecule has 0 saturated carbocycles. The highest BCUT2D eigenvalue weighted by Crippen LogP contribution is 2.44. The second-order valence-electron chi connectivity index (χ2n) is 8.10. The van der Waals surface area contributed by atoms with Crippen LogP contribution in [0, 0.1) is 0 Å². The first-order chi connectivity index (χ1) is 13.7. The smallest absolute Gasteiger partial charge is 0.224 e. The topological polar surface area (TPSA) is 76.2 Å². The lowest BCUT2D eigenvalue weighted by Gasteiger charge is -2.37. The number of rotatable bonds is 6. The van der Waals surface area contributed by atoms with Gasteiger partial charge in [0.2, 0.25) is 15.9 Å². The van der Waals surface area contributed by atoms with Crippen molar-refractivity contribution in [1.29, 1.82) is 0 Å². The summed E-state index contributed by atoms with van der Waals surface area (Å²) in [5.41, 5.74) is 2.95. The number of hydrogen-bond donors (Lipinski definition) is 0. The van der Waals surface area contributed by atoms with Gasteiger partial charge < -0.3 is 9.79 Å². The van der Waals surface area contributed by atoms with Gasteiger partial charge in [-0.05, 0) is 51.0 Å². The minimum absolute atomic E-state index is 0.0214. The van der Waals surface area contributed by atoms with Crippen LogP contribution >= 0.6 is 0 Å². The van der Waals surface area contributed by atoms with E-state index in [1.807, 2.05) is 24.0 Å². The van der Waals surface area contributed by atoms with E-state index in [9.17, 15) is 13.2 Å². The molecular formula is C21H32N2O5S. The minimum atomic E-state index is -3.16. The van der Waals surface area contributed by atoms with Crippen LogP contribution in [0.15, 0.2) is 12.1 Å². The van der Waals surface area contributed by atoms with Crippen molar-refractivity contribution >= 4 is 21.6 Å². The van der Waals surface area contributed by atoms with E-state index in [-0.39, 0.29) is 17.9 Å². The second kappa shape index (κ2) is 9.02. The van der Waals surface area contributed by atoms with Gasteiger partial charge in [-0.3, -0.25) is 4.79 Å². The standard InChI is InChI=1S/C21H32N2O5S/c1-5-14-27-28-21-18(17-10-12-22(13-11-17)29(4,25)26)8-9-20-19(21)7-6-15(2)23(20)16(3)24/h8-9,15,17H,5-7,10-14H2,1-4H3/t15-/m0/s1. The molecule has 7 nitrogen and oxygen atoms in total. The Hall–Kier alpha value is -1.64. The number of fused-ring (bicyclic) bond motifs is 1.